The summed E-state index contributed by atoms with van der Waals surface area (Å²) in [6.07, 6.45) is 0. The lowest BCUT2D eigenvalue weighted by molar-refractivity contribution is 0.660. The third-order valence-electron chi connectivity index (χ3n) is 13.4. The normalized spacial score (nSPS) is 12.7. The summed E-state index contributed by atoms with van der Waals surface area (Å²) >= 11 is 0. The van der Waals surface area contributed by atoms with E-state index in [9.17, 15) is 0 Å². The number of nitrogens with zero attached hydrogens (tertiary/aromatic N) is 2. The van der Waals surface area contributed by atoms with Crippen molar-refractivity contribution in [2.75, 3.05) is 4.90 Å². The number of fused-ring (bicyclic) bond motifs is 7. The molecule has 1 aromatic heterocycles. The number of hydrogen-bond acceptors (Lipinski definition) is 1. The van der Waals surface area contributed by atoms with Gasteiger partial charge in [0.15, 0.2) is 0 Å². The van der Waals surface area contributed by atoms with Crippen LogP contribution in [0.2, 0.25) is 0 Å². The average molecular weight is 805 g/mol. The van der Waals surface area contributed by atoms with Crippen LogP contribution in [0.5, 0.6) is 0 Å². The predicted octanol–water partition coefficient (Wildman–Crippen LogP) is 16.7. The van der Waals surface area contributed by atoms with Crippen LogP contribution in [0.15, 0.2) is 231 Å². The number of hydrogen-bond donors (Lipinski definition) is 0. The van der Waals surface area contributed by atoms with Crippen LogP contribution in [-0.2, 0) is 5.41 Å². The first-order valence-electron chi connectivity index (χ1n) is 21.9. The van der Waals surface area contributed by atoms with Gasteiger partial charge in [-0.05, 0) is 139 Å². The maximum absolute atomic E-state index is 2.43. The van der Waals surface area contributed by atoms with Crippen molar-refractivity contribution in [1.29, 1.82) is 0 Å². The van der Waals surface area contributed by atoms with Gasteiger partial charge in [-0.3, -0.25) is 0 Å². The fourth-order valence-electron chi connectivity index (χ4n) is 10.1. The molecular weight excluding hydrogens is 761 g/mol. The Hall–Kier alpha value is -7.94. The molecule has 0 N–H and O–H groups in total. The van der Waals surface area contributed by atoms with Gasteiger partial charge in [-0.1, -0.05) is 172 Å². The Balaban J connectivity index is 0.946. The second kappa shape index (κ2) is 14.6. The first-order chi connectivity index (χ1) is 31.0. The smallest absolute Gasteiger partial charge is 0.0541 e. The molecule has 0 bridgehead atoms. The van der Waals surface area contributed by atoms with Crippen molar-refractivity contribution in [3.05, 3.63) is 242 Å². The molecule has 0 amide bonds. The predicted molar refractivity (Wildman–Crippen MR) is 267 cm³/mol. The van der Waals surface area contributed by atoms with Gasteiger partial charge in [-0.25, -0.2) is 0 Å². The SMILES string of the molecule is CC1(C)c2cc(N(c3ccc(-c4cccc(-c5ccccc5)c4)cc3)c3ccc(-c4ccc5ccccc5c4)cc3)ccc2-c2ccc(-n3c4ccccc4c4ccccc43)cc21. The lowest BCUT2D eigenvalue weighted by Crippen LogP contribution is -2.17. The van der Waals surface area contributed by atoms with Crippen LogP contribution < -0.4 is 4.90 Å². The second-order valence-electron chi connectivity index (χ2n) is 17.4. The Morgan fingerprint density at radius 1 is 0.333 bits per heavy atom. The summed E-state index contributed by atoms with van der Waals surface area (Å²) in [5.41, 5.74) is 19.3. The Morgan fingerprint density at radius 3 is 1.46 bits per heavy atom. The van der Waals surface area contributed by atoms with Gasteiger partial charge in [0.1, 0.15) is 0 Å². The van der Waals surface area contributed by atoms with Crippen LogP contribution in [0, 0.1) is 0 Å². The van der Waals surface area contributed by atoms with E-state index in [-0.39, 0.29) is 5.41 Å². The highest BCUT2D eigenvalue weighted by Gasteiger charge is 2.36. The summed E-state index contributed by atoms with van der Waals surface area (Å²) in [6, 6.07) is 84.6. The first kappa shape index (κ1) is 36.9. The number of rotatable bonds is 7. The summed E-state index contributed by atoms with van der Waals surface area (Å²) in [5.74, 6) is 0. The van der Waals surface area contributed by atoms with Gasteiger partial charge in [-0.2, -0.15) is 0 Å². The topological polar surface area (TPSA) is 8.17 Å². The second-order valence-corrected chi connectivity index (χ2v) is 17.4. The van der Waals surface area contributed by atoms with Gasteiger partial charge < -0.3 is 9.47 Å². The molecule has 0 fully saturated rings. The van der Waals surface area contributed by atoms with Gasteiger partial charge in [0, 0.05) is 38.9 Å². The van der Waals surface area contributed by atoms with Crippen molar-refractivity contribution in [3.8, 4) is 50.2 Å². The van der Waals surface area contributed by atoms with E-state index in [4.69, 9.17) is 0 Å². The van der Waals surface area contributed by atoms with Crippen molar-refractivity contribution in [2.24, 2.45) is 0 Å². The summed E-state index contributed by atoms with van der Waals surface area (Å²) < 4.78 is 2.43. The van der Waals surface area contributed by atoms with Crippen LogP contribution in [0.3, 0.4) is 0 Å². The molecule has 12 rings (SSSR count). The van der Waals surface area contributed by atoms with Crippen molar-refractivity contribution in [2.45, 2.75) is 19.3 Å². The molecule has 0 atom stereocenters. The molecule has 10 aromatic carbocycles. The van der Waals surface area contributed by atoms with Gasteiger partial charge >= 0.3 is 0 Å². The van der Waals surface area contributed by atoms with E-state index in [0.29, 0.717) is 0 Å². The van der Waals surface area contributed by atoms with Crippen LogP contribution in [-0.4, -0.2) is 4.57 Å². The van der Waals surface area contributed by atoms with E-state index in [1.165, 1.54) is 93.9 Å². The standard InChI is InChI=1S/C61H44N2/c1-61(2)57-39-51(33-35-53(57)54-36-34-52(40-58(54)61)63-59-21-10-8-19-55(59)56-20-9-11-22-60(56)63)62(50-31-27-44(28-32-50)48-24-23-42-15-6-7-16-45(42)38-48)49-29-25-43(26-30-49)47-18-12-17-46(37-47)41-13-4-3-5-14-41/h3-40H,1-2H3. The lowest BCUT2D eigenvalue weighted by Gasteiger charge is -2.28. The monoisotopic (exact) mass is 804 g/mol. The summed E-state index contributed by atoms with van der Waals surface area (Å²) in [4.78, 5) is 2.41. The number of anilines is 3. The molecule has 0 spiro atoms. The van der Waals surface area contributed by atoms with Crippen LogP contribution >= 0.6 is 0 Å². The fourth-order valence-corrected chi connectivity index (χ4v) is 10.1. The zero-order chi connectivity index (χ0) is 42.1. The van der Waals surface area contributed by atoms with Crippen molar-refractivity contribution in [3.63, 3.8) is 0 Å². The number of benzene rings is 10. The largest absolute Gasteiger partial charge is 0.310 e. The van der Waals surface area contributed by atoms with E-state index in [0.717, 1.165) is 17.1 Å². The third kappa shape index (κ3) is 6.17. The van der Waals surface area contributed by atoms with E-state index < -0.39 is 0 Å². The molecule has 0 radical (unpaired) electrons. The number of aromatic nitrogens is 1. The van der Waals surface area contributed by atoms with Gasteiger partial charge in [0.2, 0.25) is 0 Å². The quantitative estimate of drug-likeness (QED) is 0.156. The highest BCUT2D eigenvalue weighted by molar-refractivity contribution is 6.09. The Morgan fingerprint density at radius 2 is 0.810 bits per heavy atom. The summed E-state index contributed by atoms with van der Waals surface area (Å²) in [5, 5.41) is 5.06. The lowest BCUT2D eigenvalue weighted by atomic mass is 9.82. The molecule has 298 valence electrons. The van der Waals surface area contributed by atoms with Crippen LogP contribution in [0.25, 0.3) is 82.8 Å². The van der Waals surface area contributed by atoms with E-state index in [1.54, 1.807) is 0 Å². The number of para-hydroxylation sites is 2. The van der Waals surface area contributed by atoms with Crippen molar-refractivity contribution < 1.29 is 0 Å². The Bertz CT molecular complexity index is 3470. The molecule has 63 heavy (non-hydrogen) atoms. The molecule has 11 aromatic rings. The average Bonchev–Trinajstić information content (AvgIpc) is 3.80. The Labute approximate surface area is 368 Å². The van der Waals surface area contributed by atoms with Gasteiger partial charge in [-0.15, -0.1) is 0 Å². The molecule has 2 nitrogen and oxygen atoms in total. The van der Waals surface area contributed by atoms with Crippen LogP contribution in [0.1, 0.15) is 25.0 Å². The van der Waals surface area contributed by atoms with E-state index in [2.05, 4.69) is 254 Å². The Kier molecular flexibility index (Phi) is 8.55. The molecule has 1 heterocycles. The minimum absolute atomic E-state index is 0.227. The summed E-state index contributed by atoms with van der Waals surface area (Å²) in [6.45, 7) is 4.77. The van der Waals surface area contributed by atoms with Crippen molar-refractivity contribution in [1.82, 2.24) is 4.57 Å². The van der Waals surface area contributed by atoms with E-state index >= 15 is 0 Å². The summed E-state index contributed by atoms with van der Waals surface area (Å²) in [7, 11) is 0. The maximum atomic E-state index is 2.43. The molecule has 0 unspecified atom stereocenters. The van der Waals surface area contributed by atoms with E-state index in [1.807, 2.05) is 0 Å². The van der Waals surface area contributed by atoms with Gasteiger partial charge in [0.05, 0.1) is 11.0 Å². The highest BCUT2D eigenvalue weighted by atomic mass is 15.1. The zero-order valence-electron chi connectivity index (χ0n) is 35.3. The minimum atomic E-state index is -0.227. The molecule has 2 heteroatoms. The minimum Gasteiger partial charge on any atom is -0.310 e. The molecule has 0 aliphatic heterocycles. The third-order valence-corrected chi connectivity index (χ3v) is 13.4. The van der Waals surface area contributed by atoms with Crippen LogP contribution in [0.4, 0.5) is 17.1 Å². The molecule has 1 aliphatic carbocycles. The maximum Gasteiger partial charge on any atom is 0.0541 e. The molecule has 1 aliphatic rings. The molecule has 0 saturated carbocycles. The zero-order valence-corrected chi connectivity index (χ0v) is 35.3. The fraction of sp³-hybridized carbons (Fsp3) is 0.0492. The highest BCUT2D eigenvalue weighted by Crippen LogP contribution is 2.52. The molecule has 0 saturated heterocycles. The molecular formula is C61H44N2. The first-order valence-corrected chi connectivity index (χ1v) is 21.9. The van der Waals surface area contributed by atoms with Gasteiger partial charge in [0.25, 0.3) is 0 Å². The van der Waals surface area contributed by atoms with Crippen molar-refractivity contribution >= 4 is 49.6 Å².